The van der Waals surface area contributed by atoms with Crippen LogP contribution in [0, 0.1) is 0 Å². The first-order valence-corrected chi connectivity index (χ1v) is 20.1. The second kappa shape index (κ2) is 22.7. The molecule has 4 saturated heterocycles. The van der Waals surface area contributed by atoms with Crippen LogP contribution < -0.4 is 15.1 Å². The van der Waals surface area contributed by atoms with Gasteiger partial charge in [0.25, 0.3) is 6.10 Å². The lowest BCUT2D eigenvalue weighted by Gasteiger charge is -2.35. The van der Waals surface area contributed by atoms with E-state index in [1.807, 2.05) is 4.90 Å². The fourth-order valence-electron chi connectivity index (χ4n) is 7.09. The van der Waals surface area contributed by atoms with Crippen LogP contribution in [0.1, 0.15) is 49.8 Å². The maximum Gasteiger partial charge on any atom is 0.434 e. The Kier molecular flexibility index (Phi) is 19.4. The summed E-state index contributed by atoms with van der Waals surface area (Å²) >= 11 is 6.46. The third kappa shape index (κ3) is 16.4. The zero-order chi connectivity index (χ0) is 47.0. The van der Waals surface area contributed by atoms with E-state index in [0.29, 0.717) is 23.7 Å². The Morgan fingerprint density at radius 1 is 0.609 bits per heavy atom. The van der Waals surface area contributed by atoms with Crippen molar-refractivity contribution in [2.45, 2.75) is 89.3 Å². The molecule has 25 heteroatoms. The second-order valence-corrected chi connectivity index (χ2v) is 15.5. The highest BCUT2D eigenvalue weighted by Gasteiger charge is 2.60. The number of ether oxygens (including phenoxy) is 1. The molecule has 0 aromatic heterocycles. The summed E-state index contributed by atoms with van der Waals surface area (Å²) in [5.74, 6) is 0. The van der Waals surface area contributed by atoms with Crippen molar-refractivity contribution in [2.75, 3.05) is 88.3 Å². The first kappa shape index (κ1) is 54.7. The van der Waals surface area contributed by atoms with Crippen molar-refractivity contribution in [3.8, 4) is 0 Å². The summed E-state index contributed by atoms with van der Waals surface area (Å²) in [5.41, 5.74) is 2.18. The van der Waals surface area contributed by atoms with E-state index in [1.165, 1.54) is 48.1 Å². The molecule has 0 aliphatic carbocycles. The number of hydrogen-bond donors (Lipinski definition) is 2. The minimum absolute atomic E-state index is 0. The molecule has 2 aromatic rings. The Labute approximate surface area is 365 Å². The molecule has 9 nitrogen and oxygen atoms in total. The van der Waals surface area contributed by atoms with Gasteiger partial charge in [0.05, 0.1) is 5.56 Å². The number of halogens is 16. The molecule has 4 fully saturated rings. The van der Waals surface area contributed by atoms with Crippen LogP contribution >= 0.6 is 11.6 Å². The molecule has 6 rings (SSSR count). The normalized spacial score (nSPS) is 18.4. The van der Waals surface area contributed by atoms with E-state index in [2.05, 4.69) is 38.1 Å². The monoisotopic (exact) mass is 970 g/mol. The van der Waals surface area contributed by atoms with E-state index in [-0.39, 0.29) is 45.7 Å². The lowest BCUT2D eigenvalue weighted by atomic mass is 10.0. The Morgan fingerprint density at radius 3 is 1.44 bits per heavy atom. The van der Waals surface area contributed by atoms with E-state index in [0.717, 1.165) is 56.7 Å². The van der Waals surface area contributed by atoms with Gasteiger partial charge in [0.2, 0.25) is 6.10 Å². The minimum Gasteiger partial charge on any atom is -0.426 e. The van der Waals surface area contributed by atoms with Crippen molar-refractivity contribution in [2.24, 2.45) is 0 Å². The second-order valence-electron chi connectivity index (χ2n) is 15.1. The number of nitrogens with one attached hydrogen (secondary N) is 1. The Hall–Kier alpha value is -3.61. The molecule has 0 spiro atoms. The molecule has 0 bridgehead atoms. The lowest BCUT2D eigenvalue weighted by Crippen LogP contribution is -2.52. The van der Waals surface area contributed by atoms with Crippen LogP contribution in [-0.2, 0) is 24.0 Å². The van der Waals surface area contributed by atoms with Gasteiger partial charge in [-0.3, -0.25) is 9.80 Å². The number of piperazine rings is 2. The van der Waals surface area contributed by atoms with E-state index in [4.69, 9.17) is 16.7 Å². The number of alkyl halides is 15. The van der Waals surface area contributed by atoms with Crippen LogP contribution in [0.15, 0.2) is 36.4 Å². The molecule has 0 radical (unpaired) electrons. The topological polar surface area (TPSA) is 74.8 Å². The largest absolute Gasteiger partial charge is 0.434 e. The molecular weight excluding hydrogens is 921 g/mol. The summed E-state index contributed by atoms with van der Waals surface area (Å²) in [6.45, 7) is 8.21. The molecule has 4 heterocycles. The highest BCUT2D eigenvalue weighted by atomic mass is 35.5. The van der Waals surface area contributed by atoms with Crippen LogP contribution in [0.2, 0.25) is 5.02 Å². The Balaban J connectivity index is 0.000000302. The number of amides is 1. The van der Waals surface area contributed by atoms with Gasteiger partial charge in [-0.05, 0) is 61.1 Å². The molecule has 2 N–H and O–H groups in total. The van der Waals surface area contributed by atoms with Gasteiger partial charge in [-0.25, -0.2) is 4.79 Å². The number of rotatable bonds is 7. The van der Waals surface area contributed by atoms with Crippen molar-refractivity contribution in [3.63, 3.8) is 0 Å². The number of carbonyl (C=O) groups is 1. The fourth-order valence-corrected chi connectivity index (χ4v) is 7.33. The van der Waals surface area contributed by atoms with Crippen molar-refractivity contribution >= 4 is 29.1 Å². The third-order valence-electron chi connectivity index (χ3n) is 10.4. The maximum atomic E-state index is 13.7. The molecule has 0 atom stereocenters. The molecule has 2 aromatic carbocycles. The van der Waals surface area contributed by atoms with Gasteiger partial charge in [0.1, 0.15) is 0 Å². The average Bonchev–Trinajstić information content (AvgIpc) is 3.93. The minimum atomic E-state index is -5.83. The van der Waals surface area contributed by atoms with Gasteiger partial charge in [0.15, 0.2) is 0 Å². The highest BCUT2D eigenvalue weighted by molar-refractivity contribution is 6.31. The fraction of sp³-hybridized carbons (Fsp3) is 0.667. The maximum absolute atomic E-state index is 13.7. The predicted octanol–water partition coefficient (Wildman–Crippen LogP) is 9.51. The van der Waals surface area contributed by atoms with E-state index in [1.54, 1.807) is 6.07 Å². The predicted molar refractivity (Wildman–Crippen MR) is 208 cm³/mol. The first-order valence-electron chi connectivity index (χ1n) is 19.7. The molecular formula is C39H50ClF15N6O3. The van der Waals surface area contributed by atoms with Gasteiger partial charge in [-0.1, -0.05) is 31.2 Å². The average molecular weight is 971 g/mol. The number of anilines is 2. The van der Waals surface area contributed by atoms with Gasteiger partial charge >= 0.3 is 37.0 Å². The van der Waals surface area contributed by atoms with E-state index < -0.39 is 54.7 Å². The van der Waals surface area contributed by atoms with Gasteiger partial charge in [-0.15, -0.1) is 0 Å². The lowest BCUT2D eigenvalue weighted by molar-refractivity contribution is -0.309. The van der Waals surface area contributed by atoms with Gasteiger partial charge < -0.3 is 29.9 Å². The number of nitrogens with zero attached hydrogens (tertiary/aromatic N) is 5. The van der Waals surface area contributed by atoms with Crippen molar-refractivity contribution in [1.29, 1.82) is 0 Å². The number of hydrogen-bond acceptors (Lipinski definition) is 8. The van der Waals surface area contributed by atoms with Crippen LogP contribution in [0.4, 0.5) is 82.0 Å². The summed E-state index contributed by atoms with van der Waals surface area (Å²) in [6, 6.07) is 10.6. The van der Waals surface area contributed by atoms with Crippen LogP contribution in [-0.4, -0.2) is 141 Å². The van der Waals surface area contributed by atoms with E-state index >= 15 is 0 Å². The van der Waals surface area contributed by atoms with Crippen molar-refractivity contribution in [1.82, 2.24) is 20.0 Å². The standard InChI is InChI=1S/C20H22F9N3O2.C15H22ClN3.C3H2F6O.CH4/c21-18(22,23)15-11-14(31-5-1-2-6-31)4-3-13(15)12-30-7-9-32(10-8-30)17(33)34-16(19(24,25)26)20(27,28)29;16-15-11-14(19-7-1-2-8-19)4-3-13(15)12-18-9-5-17-6-10-18;4-2(5,6)1(10)3(7,8)9;/h3-4,11,16H,1-2,5-10,12H2;3-4,11,17H,1-2,5-10,12H2;1,10H;1H4. The molecule has 0 unspecified atom stereocenters. The van der Waals surface area contributed by atoms with Crippen molar-refractivity contribution in [3.05, 3.63) is 58.1 Å². The summed E-state index contributed by atoms with van der Waals surface area (Å²) in [5, 5.41) is 11.8. The van der Waals surface area contributed by atoms with Gasteiger partial charge in [-0.2, -0.15) is 65.9 Å². The summed E-state index contributed by atoms with van der Waals surface area (Å²) in [6.07, 6.45) is -33.4. The smallest absolute Gasteiger partial charge is 0.426 e. The zero-order valence-electron chi connectivity index (χ0n) is 33.4. The quantitative estimate of drug-likeness (QED) is 0.266. The molecule has 64 heavy (non-hydrogen) atoms. The molecule has 4 aliphatic rings. The number of benzene rings is 2. The van der Waals surface area contributed by atoms with Crippen LogP contribution in [0.3, 0.4) is 0 Å². The number of carbonyl (C=O) groups excluding carboxylic acids is 1. The van der Waals surface area contributed by atoms with E-state index in [9.17, 15) is 70.7 Å². The highest BCUT2D eigenvalue weighted by Crippen LogP contribution is 2.38. The zero-order valence-corrected chi connectivity index (χ0v) is 34.1. The Morgan fingerprint density at radius 2 is 1.03 bits per heavy atom. The summed E-state index contributed by atoms with van der Waals surface area (Å²) in [4.78, 5) is 20.8. The number of aliphatic hydroxyl groups excluding tert-OH is 1. The van der Waals surface area contributed by atoms with Crippen LogP contribution in [0.5, 0.6) is 0 Å². The summed E-state index contributed by atoms with van der Waals surface area (Å²) in [7, 11) is 0. The third-order valence-corrected chi connectivity index (χ3v) is 10.8. The molecule has 4 aliphatic heterocycles. The van der Waals surface area contributed by atoms with Gasteiger partial charge in [0, 0.05) is 108 Å². The van der Waals surface area contributed by atoms with Crippen LogP contribution in [0.25, 0.3) is 0 Å². The van der Waals surface area contributed by atoms with Crippen molar-refractivity contribution < 1.29 is 80.5 Å². The molecule has 366 valence electrons. The molecule has 1 amide bonds. The Bertz CT molecular complexity index is 1720. The summed E-state index contributed by atoms with van der Waals surface area (Å²) < 4.78 is 186. The number of aliphatic hydroxyl groups is 1. The first-order chi connectivity index (χ1) is 29.1. The SMILES string of the molecule is C.Clc1cc(N2CCCC2)ccc1CN1CCNCC1.O=C(OC(C(F)(F)F)C(F)(F)F)N1CCN(Cc2ccc(N3CCCC3)cc2C(F)(F)F)CC1.OC(C(F)(F)F)C(F)(F)F. The molecule has 0 saturated carbocycles.